The van der Waals surface area contributed by atoms with Gasteiger partial charge in [0.05, 0.1) is 12.4 Å². The first-order chi connectivity index (χ1) is 19.0. The molecule has 3 aromatic carbocycles. The van der Waals surface area contributed by atoms with Gasteiger partial charge in [-0.2, -0.15) is 0 Å². The summed E-state index contributed by atoms with van der Waals surface area (Å²) in [6.45, 7) is 6.93. The molecule has 2 aliphatic rings. The summed E-state index contributed by atoms with van der Waals surface area (Å²) in [7, 11) is -3.00. The first-order valence-corrected chi connectivity index (χ1v) is 15.7. The number of hydrogen-bond donors (Lipinski definition) is 0. The lowest BCUT2D eigenvalue weighted by Crippen LogP contribution is -2.29. The number of fused-ring (bicyclic) bond motifs is 1. The van der Waals surface area contributed by atoms with Crippen LogP contribution in [0.25, 0.3) is 11.1 Å². The van der Waals surface area contributed by atoms with Gasteiger partial charge in [0.25, 0.3) is 0 Å². The maximum absolute atomic E-state index is 11.4. The van der Waals surface area contributed by atoms with Crippen LogP contribution in [0.4, 0.5) is 0 Å². The van der Waals surface area contributed by atoms with E-state index in [1.165, 1.54) is 6.26 Å². The van der Waals surface area contributed by atoms with Crippen molar-refractivity contribution in [3.63, 3.8) is 0 Å². The zero-order valence-electron chi connectivity index (χ0n) is 23.4. The largest absolute Gasteiger partial charge is 0.550 e. The first kappa shape index (κ1) is 28.0. The average molecular weight is 564 g/mol. The van der Waals surface area contributed by atoms with Crippen molar-refractivity contribution in [2.24, 2.45) is 0 Å². The standard InChI is InChI=1S/C32H36O7S/c1-20-15-25(37-13-6-14-40(4,35)36)16-21(2)31(20)26-8-5-7-23(22(26)3)19-38-24-9-10-27-28(18-30(33)34)32(11-12-32)39-29(27)17-24/h5,7-10,15-17,28H,6,11-14,18-19H2,1-4H3,(H,33,34)/p-1. The first-order valence-electron chi connectivity index (χ1n) is 13.6. The van der Waals surface area contributed by atoms with E-state index in [1.54, 1.807) is 0 Å². The second-order valence-corrected chi connectivity index (χ2v) is 13.4. The Balaban J connectivity index is 1.29. The highest BCUT2D eigenvalue weighted by atomic mass is 32.2. The number of aliphatic carboxylic acids is 1. The van der Waals surface area contributed by atoms with Crippen molar-refractivity contribution >= 4 is 15.8 Å². The number of sulfone groups is 1. The van der Waals surface area contributed by atoms with Crippen LogP contribution in [0.5, 0.6) is 17.2 Å². The summed E-state index contributed by atoms with van der Waals surface area (Å²) >= 11 is 0. The van der Waals surface area contributed by atoms with Gasteiger partial charge in [0, 0.05) is 29.8 Å². The van der Waals surface area contributed by atoms with Crippen molar-refractivity contribution in [1.29, 1.82) is 0 Å². The number of carbonyl (C=O) groups is 1. The summed E-state index contributed by atoms with van der Waals surface area (Å²) in [5, 5.41) is 11.3. The molecular formula is C32H35O7S-. The molecule has 0 N–H and O–H groups in total. The molecule has 0 radical (unpaired) electrons. The van der Waals surface area contributed by atoms with E-state index in [-0.39, 0.29) is 18.1 Å². The fourth-order valence-electron chi connectivity index (χ4n) is 5.81. The van der Waals surface area contributed by atoms with E-state index in [4.69, 9.17) is 14.2 Å². The highest BCUT2D eigenvalue weighted by Gasteiger charge is 2.57. The van der Waals surface area contributed by atoms with Crippen molar-refractivity contribution in [1.82, 2.24) is 0 Å². The van der Waals surface area contributed by atoms with Gasteiger partial charge in [-0.25, -0.2) is 8.42 Å². The Hall–Kier alpha value is -3.52. The van der Waals surface area contributed by atoms with Crippen LogP contribution in [0, 0.1) is 20.8 Å². The van der Waals surface area contributed by atoms with Gasteiger partial charge in [-0.1, -0.05) is 24.3 Å². The van der Waals surface area contributed by atoms with Gasteiger partial charge in [0.15, 0.2) is 0 Å². The Morgan fingerprint density at radius 1 is 1.02 bits per heavy atom. The van der Waals surface area contributed by atoms with Gasteiger partial charge < -0.3 is 24.1 Å². The topological polar surface area (TPSA) is 102 Å². The van der Waals surface area contributed by atoms with Crippen molar-refractivity contribution < 1.29 is 32.5 Å². The van der Waals surface area contributed by atoms with Crippen LogP contribution in [0.3, 0.4) is 0 Å². The van der Waals surface area contributed by atoms with Gasteiger partial charge in [0.1, 0.15) is 39.3 Å². The molecule has 8 heteroatoms. The molecule has 5 rings (SSSR count). The number of hydrogen-bond acceptors (Lipinski definition) is 7. The van der Waals surface area contributed by atoms with Crippen molar-refractivity contribution in [2.45, 2.75) is 64.6 Å². The molecule has 0 amide bonds. The Morgan fingerprint density at radius 2 is 1.75 bits per heavy atom. The third kappa shape index (κ3) is 5.97. The van der Waals surface area contributed by atoms with E-state index in [2.05, 4.69) is 32.9 Å². The van der Waals surface area contributed by atoms with Crippen LogP contribution < -0.4 is 19.3 Å². The van der Waals surface area contributed by atoms with Crippen LogP contribution in [0.15, 0.2) is 48.5 Å². The fourth-order valence-corrected chi connectivity index (χ4v) is 6.45. The van der Waals surface area contributed by atoms with Gasteiger partial charge in [-0.3, -0.25) is 0 Å². The predicted molar refractivity (Wildman–Crippen MR) is 152 cm³/mol. The number of rotatable bonds is 11. The Kier molecular flexibility index (Phi) is 7.57. The number of aryl methyl sites for hydroxylation is 2. The highest BCUT2D eigenvalue weighted by molar-refractivity contribution is 7.90. The van der Waals surface area contributed by atoms with Crippen molar-refractivity contribution in [3.8, 4) is 28.4 Å². The summed E-state index contributed by atoms with van der Waals surface area (Å²) in [6.07, 6.45) is 3.37. The van der Waals surface area contributed by atoms with Crippen LogP contribution in [-0.2, 0) is 21.2 Å². The van der Waals surface area contributed by atoms with Gasteiger partial charge >= 0.3 is 0 Å². The smallest absolute Gasteiger partial charge is 0.147 e. The lowest BCUT2D eigenvalue weighted by molar-refractivity contribution is -0.306. The Morgan fingerprint density at radius 3 is 2.40 bits per heavy atom. The maximum Gasteiger partial charge on any atom is 0.147 e. The number of carboxylic acids is 1. The van der Waals surface area contributed by atoms with E-state index < -0.39 is 21.4 Å². The lowest BCUT2D eigenvalue weighted by atomic mass is 9.90. The summed E-state index contributed by atoms with van der Waals surface area (Å²) in [4.78, 5) is 11.3. The van der Waals surface area contributed by atoms with Gasteiger partial charge in [-0.15, -0.1) is 0 Å². The predicted octanol–water partition coefficient (Wildman–Crippen LogP) is 4.82. The van der Waals surface area contributed by atoms with Crippen molar-refractivity contribution in [2.75, 3.05) is 18.6 Å². The number of carbonyl (C=O) groups excluding carboxylic acids is 1. The number of ether oxygens (including phenoxy) is 3. The minimum Gasteiger partial charge on any atom is -0.550 e. The molecule has 1 atom stereocenters. The highest BCUT2D eigenvalue weighted by Crippen LogP contribution is 2.59. The molecule has 1 aliphatic heterocycles. The molecule has 40 heavy (non-hydrogen) atoms. The molecular weight excluding hydrogens is 528 g/mol. The van der Waals surface area contributed by atoms with E-state index in [1.807, 2.05) is 36.4 Å². The molecule has 1 unspecified atom stereocenters. The van der Waals surface area contributed by atoms with Gasteiger partial charge in [0.2, 0.25) is 0 Å². The molecule has 0 bridgehead atoms. The van der Waals surface area contributed by atoms with Crippen molar-refractivity contribution in [3.05, 3.63) is 76.3 Å². The monoisotopic (exact) mass is 563 g/mol. The summed E-state index contributed by atoms with van der Waals surface area (Å²) in [5.74, 6) is 1.00. The summed E-state index contributed by atoms with van der Waals surface area (Å²) in [5.41, 5.74) is 7.14. The van der Waals surface area contributed by atoms with Gasteiger partial charge in [-0.05, 0) is 98.0 Å². The number of benzene rings is 3. The van der Waals surface area contributed by atoms with Crippen LogP contribution >= 0.6 is 0 Å². The Labute approximate surface area is 236 Å². The zero-order valence-corrected chi connectivity index (χ0v) is 24.2. The molecule has 1 aliphatic carbocycles. The van der Waals surface area contributed by atoms with E-state index in [0.29, 0.717) is 31.1 Å². The molecule has 1 heterocycles. The van der Waals surface area contributed by atoms with E-state index >= 15 is 0 Å². The summed E-state index contributed by atoms with van der Waals surface area (Å²) in [6, 6.07) is 15.9. The van der Waals surface area contributed by atoms with E-state index in [0.717, 1.165) is 57.5 Å². The lowest BCUT2D eigenvalue weighted by Gasteiger charge is -2.18. The molecule has 212 valence electrons. The molecule has 1 fully saturated rings. The third-order valence-electron chi connectivity index (χ3n) is 7.97. The molecule has 1 spiro atoms. The quantitative estimate of drug-likeness (QED) is 0.308. The average Bonchev–Trinajstić information content (AvgIpc) is 3.58. The maximum atomic E-state index is 11.4. The second kappa shape index (κ2) is 10.8. The normalized spacial score (nSPS) is 16.9. The molecule has 7 nitrogen and oxygen atoms in total. The third-order valence-corrected chi connectivity index (χ3v) is 9.00. The molecule has 0 saturated heterocycles. The molecule has 3 aromatic rings. The fraction of sp³-hybridized carbons (Fsp3) is 0.406. The zero-order chi connectivity index (χ0) is 28.7. The molecule has 0 aromatic heterocycles. The Bertz CT molecular complexity index is 1530. The van der Waals surface area contributed by atoms with Crippen LogP contribution in [-0.4, -0.2) is 38.6 Å². The SMILES string of the molecule is Cc1cc(OCCCS(C)(=O)=O)cc(C)c1-c1cccc(COc2ccc3c(c2)OC2(CC2)C3CC(=O)[O-])c1C. The van der Waals surface area contributed by atoms with Crippen LogP contribution in [0.2, 0.25) is 0 Å². The van der Waals surface area contributed by atoms with Crippen LogP contribution in [0.1, 0.15) is 59.4 Å². The minimum absolute atomic E-state index is 0.0334. The summed E-state index contributed by atoms with van der Waals surface area (Å²) < 4.78 is 40.9. The molecule has 1 saturated carbocycles. The number of carboxylic acid groups (broad SMARTS) is 1. The minimum atomic E-state index is -3.00. The van der Waals surface area contributed by atoms with E-state index in [9.17, 15) is 18.3 Å². The second-order valence-electron chi connectivity index (χ2n) is 11.1.